The minimum atomic E-state index is -1.56. The Morgan fingerprint density at radius 3 is 2.36 bits per heavy atom. The molecule has 0 aromatic rings. The molecule has 2 N–H and O–H groups in total. The van der Waals surface area contributed by atoms with E-state index in [1.807, 2.05) is 6.92 Å². The van der Waals surface area contributed by atoms with Gasteiger partial charge < -0.3 is 10.2 Å². The zero-order chi connectivity index (χ0) is 11.2. The lowest BCUT2D eigenvalue weighted by atomic mass is 9.87. The molecule has 3 nitrogen and oxygen atoms in total. The maximum absolute atomic E-state index is 10.7. The van der Waals surface area contributed by atoms with Crippen molar-refractivity contribution in [2.75, 3.05) is 0 Å². The van der Waals surface area contributed by atoms with E-state index >= 15 is 0 Å². The lowest BCUT2D eigenvalue weighted by Crippen LogP contribution is -2.36. The normalized spacial score (nSPS) is 17.4. The van der Waals surface area contributed by atoms with Crippen molar-refractivity contribution in [1.82, 2.24) is 0 Å². The third kappa shape index (κ3) is 4.61. The van der Waals surface area contributed by atoms with E-state index in [9.17, 15) is 9.90 Å². The highest BCUT2D eigenvalue weighted by Crippen LogP contribution is 2.24. The summed E-state index contributed by atoms with van der Waals surface area (Å²) in [5.41, 5.74) is -1.56. The minimum Gasteiger partial charge on any atom is -0.479 e. The Balaban J connectivity index is 4.09. The number of rotatable bonds is 7. The number of carboxylic acids is 1. The van der Waals surface area contributed by atoms with Crippen LogP contribution in [-0.2, 0) is 4.79 Å². The molecule has 0 heterocycles. The Labute approximate surface area is 86.1 Å². The van der Waals surface area contributed by atoms with Crippen molar-refractivity contribution >= 4 is 5.97 Å². The number of unbranched alkanes of at least 4 members (excludes halogenated alkanes) is 1. The molecule has 0 amide bonds. The maximum atomic E-state index is 10.7. The number of aliphatic hydroxyl groups is 1. The van der Waals surface area contributed by atoms with Crippen LogP contribution in [-0.4, -0.2) is 21.8 Å². The summed E-state index contributed by atoms with van der Waals surface area (Å²) in [4.78, 5) is 10.7. The Hall–Kier alpha value is -0.570. The fraction of sp³-hybridized carbons (Fsp3) is 0.909. The van der Waals surface area contributed by atoms with Crippen LogP contribution < -0.4 is 0 Å². The molecule has 2 unspecified atom stereocenters. The van der Waals surface area contributed by atoms with Crippen LogP contribution in [0.3, 0.4) is 0 Å². The number of hydrogen-bond donors (Lipinski definition) is 2. The summed E-state index contributed by atoms with van der Waals surface area (Å²) in [7, 11) is 0. The Kier molecular flexibility index (Phi) is 5.77. The minimum absolute atomic E-state index is 0.320. The molecule has 0 spiro atoms. The van der Waals surface area contributed by atoms with Gasteiger partial charge in [0, 0.05) is 0 Å². The first-order valence-electron chi connectivity index (χ1n) is 5.39. The van der Waals surface area contributed by atoms with Gasteiger partial charge in [-0.2, -0.15) is 0 Å². The van der Waals surface area contributed by atoms with Gasteiger partial charge in [-0.25, -0.2) is 4.79 Å². The lowest BCUT2D eigenvalue weighted by Gasteiger charge is -2.23. The average Bonchev–Trinajstić information content (AvgIpc) is 2.11. The first-order valence-corrected chi connectivity index (χ1v) is 5.39. The number of hydrogen-bond acceptors (Lipinski definition) is 2. The first kappa shape index (κ1) is 13.4. The van der Waals surface area contributed by atoms with E-state index in [-0.39, 0.29) is 0 Å². The molecule has 0 aromatic carbocycles. The Morgan fingerprint density at radius 2 is 2.00 bits per heavy atom. The van der Waals surface area contributed by atoms with Crippen LogP contribution in [0.4, 0.5) is 0 Å². The second kappa shape index (κ2) is 6.02. The largest absolute Gasteiger partial charge is 0.479 e. The summed E-state index contributed by atoms with van der Waals surface area (Å²) in [5.74, 6) is -0.798. The Morgan fingerprint density at radius 1 is 1.43 bits per heavy atom. The van der Waals surface area contributed by atoms with Gasteiger partial charge in [0.15, 0.2) is 5.60 Å². The van der Waals surface area contributed by atoms with E-state index in [2.05, 4.69) is 6.92 Å². The Bertz CT molecular complexity index is 175. The van der Waals surface area contributed by atoms with E-state index in [0.29, 0.717) is 12.3 Å². The van der Waals surface area contributed by atoms with E-state index in [1.54, 1.807) is 0 Å². The van der Waals surface area contributed by atoms with Crippen LogP contribution in [0.5, 0.6) is 0 Å². The van der Waals surface area contributed by atoms with Gasteiger partial charge >= 0.3 is 5.97 Å². The predicted molar refractivity (Wildman–Crippen MR) is 56.2 cm³/mol. The smallest absolute Gasteiger partial charge is 0.335 e. The molecule has 0 saturated carbocycles. The highest BCUT2D eigenvalue weighted by Gasteiger charge is 2.32. The molecule has 84 valence electrons. The molecule has 0 fully saturated rings. The third-order valence-corrected chi connectivity index (χ3v) is 2.69. The summed E-state index contributed by atoms with van der Waals surface area (Å²) < 4.78 is 0. The highest BCUT2D eigenvalue weighted by atomic mass is 16.4. The van der Waals surface area contributed by atoms with Gasteiger partial charge in [0.2, 0.25) is 0 Å². The highest BCUT2D eigenvalue weighted by molar-refractivity contribution is 5.76. The van der Waals surface area contributed by atoms with Crippen LogP contribution in [0.1, 0.15) is 52.9 Å². The SMILES string of the molecule is CCCCC(CC)CC(C)(O)C(=O)O. The van der Waals surface area contributed by atoms with E-state index in [4.69, 9.17) is 5.11 Å². The summed E-state index contributed by atoms with van der Waals surface area (Å²) in [5, 5.41) is 18.4. The quantitative estimate of drug-likeness (QED) is 0.666. The van der Waals surface area contributed by atoms with Crippen LogP contribution in [0.15, 0.2) is 0 Å². The van der Waals surface area contributed by atoms with Gasteiger partial charge in [-0.1, -0.05) is 39.5 Å². The van der Waals surface area contributed by atoms with Crippen molar-refractivity contribution in [1.29, 1.82) is 0 Å². The molecule has 0 aliphatic rings. The fourth-order valence-electron chi connectivity index (χ4n) is 1.59. The van der Waals surface area contributed by atoms with Crippen molar-refractivity contribution in [3.63, 3.8) is 0 Å². The molecular formula is C11H22O3. The van der Waals surface area contributed by atoms with Crippen molar-refractivity contribution in [3.05, 3.63) is 0 Å². The second-order valence-electron chi connectivity index (χ2n) is 4.20. The zero-order valence-electron chi connectivity index (χ0n) is 9.42. The molecule has 0 aromatic heterocycles. The van der Waals surface area contributed by atoms with Crippen molar-refractivity contribution in [2.24, 2.45) is 5.92 Å². The van der Waals surface area contributed by atoms with Gasteiger partial charge in [0.25, 0.3) is 0 Å². The molecule has 2 atom stereocenters. The monoisotopic (exact) mass is 202 g/mol. The standard InChI is InChI=1S/C11H22O3/c1-4-6-7-9(5-2)8-11(3,14)10(12)13/h9,14H,4-8H2,1-3H3,(H,12,13). The van der Waals surface area contributed by atoms with Crippen LogP contribution in [0.25, 0.3) is 0 Å². The fourth-order valence-corrected chi connectivity index (χ4v) is 1.59. The zero-order valence-corrected chi connectivity index (χ0v) is 9.42. The summed E-state index contributed by atoms with van der Waals surface area (Å²) in [6.45, 7) is 5.53. The number of aliphatic carboxylic acids is 1. The molecule has 0 rings (SSSR count). The average molecular weight is 202 g/mol. The molecular weight excluding hydrogens is 180 g/mol. The van der Waals surface area contributed by atoms with Crippen LogP contribution in [0.2, 0.25) is 0 Å². The number of carboxylic acid groups (broad SMARTS) is 1. The summed E-state index contributed by atoms with van der Waals surface area (Å²) in [6, 6.07) is 0. The predicted octanol–water partition coefficient (Wildman–Crippen LogP) is 2.43. The number of carbonyl (C=O) groups is 1. The first-order chi connectivity index (χ1) is 6.44. The van der Waals surface area contributed by atoms with Gasteiger partial charge in [0.1, 0.15) is 0 Å². The van der Waals surface area contributed by atoms with E-state index in [1.165, 1.54) is 6.92 Å². The van der Waals surface area contributed by atoms with Gasteiger partial charge in [-0.05, 0) is 19.3 Å². The molecule has 0 aliphatic carbocycles. The van der Waals surface area contributed by atoms with Gasteiger partial charge in [0.05, 0.1) is 0 Å². The molecule has 3 heteroatoms. The lowest BCUT2D eigenvalue weighted by molar-refractivity contribution is -0.158. The topological polar surface area (TPSA) is 57.5 Å². The molecule has 0 saturated heterocycles. The van der Waals surface area contributed by atoms with Gasteiger partial charge in [-0.15, -0.1) is 0 Å². The van der Waals surface area contributed by atoms with Crippen molar-refractivity contribution < 1.29 is 15.0 Å². The molecule has 0 radical (unpaired) electrons. The molecule has 0 aliphatic heterocycles. The molecule has 14 heavy (non-hydrogen) atoms. The van der Waals surface area contributed by atoms with Crippen LogP contribution in [0, 0.1) is 5.92 Å². The second-order valence-corrected chi connectivity index (χ2v) is 4.20. The van der Waals surface area contributed by atoms with Gasteiger partial charge in [-0.3, -0.25) is 0 Å². The molecule has 0 bridgehead atoms. The summed E-state index contributed by atoms with van der Waals surface area (Å²) >= 11 is 0. The summed E-state index contributed by atoms with van der Waals surface area (Å²) in [6.07, 6.45) is 4.53. The van der Waals surface area contributed by atoms with E-state index in [0.717, 1.165) is 25.7 Å². The van der Waals surface area contributed by atoms with Crippen molar-refractivity contribution in [2.45, 2.75) is 58.5 Å². The third-order valence-electron chi connectivity index (χ3n) is 2.69. The van der Waals surface area contributed by atoms with Crippen LogP contribution >= 0.6 is 0 Å². The maximum Gasteiger partial charge on any atom is 0.335 e. The van der Waals surface area contributed by atoms with Crippen molar-refractivity contribution in [3.8, 4) is 0 Å². The van der Waals surface area contributed by atoms with E-state index < -0.39 is 11.6 Å².